The number of furan rings is 1. The quantitative estimate of drug-likeness (QED) is 0.881. The zero-order chi connectivity index (χ0) is 12.1. The molecule has 3 nitrogen and oxygen atoms in total. The fourth-order valence-corrected chi connectivity index (χ4v) is 1.46. The number of carbonyl (C=O) groups excluding carboxylic acids is 1. The van der Waals surface area contributed by atoms with E-state index in [2.05, 4.69) is 5.32 Å². The molecule has 1 N–H and O–H groups in total. The van der Waals surface area contributed by atoms with Crippen LogP contribution < -0.4 is 5.32 Å². The van der Waals surface area contributed by atoms with E-state index < -0.39 is 0 Å². The maximum absolute atomic E-state index is 12.6. The molecule has 0 atom stereocenters. The molecule has 1 aromatic carbocycles. The fraction of sp³-hybridized carbons (Fsp3) is 0.154. The number of halogens is 1. The van der Waals surface area contributed by atoms with Crippen molar-refractivity contribution in [3.05, 3.63) is 59.8 Å². The lowest BCUT2D eigenvalue weighted by Crippen LogP contribution is -2.25. The summed E-state index contributed by atoms with van der Waals surface area (Å²) in [7, 11) is 0. The van der Waals surface area contributed by atoms with E-state index in [9.17, 15) is 9.18 Å². The molecule has 1 aromatic heterocycles. The largest absolute Gasteiger partial charge is 0.472 e. The molecule has 0 aliphatic carbocycles. The first-order chi connectivity index (χ1) is 8.25. The Hall–Kier alpha value is -2.10. The Morgan fingerprint density at radius 1 is 1.24 bits per heavy atom. The van der Waals surface area contributed by atoms with Crippen molar-refractivity contribution < 1.29 is 13.6 Å². The van der Waals surface area contributed by atoms with E-state index >= 15 is 0 Å². The van der Waals surface area contributed by atoms with Gasteiger partial charge in [0.1, 0.15) is 5.82 Å². The Balaban J connectivity index is 1.83. The van der Waals surface area contributed by atoms with Gasteiger partial charge in [0, 0.05) is 12.1 Å². The summed E-state index contributed by atoms with van der Waals surface area (Å²) in [5, 5.41) is 2.75. The third-order valence-electron chi connectivity index (χ3n) is 2.39. The SMILES string of the molecule is O=C(NCCc1ccoc1)c1ccc(F)cc1. The van der Waals surface area contributed by atoms with Crippen LogP contribution in [0.25, 0.3) is 0 Å². The molecule has 0 radical (unpaired) electrons. The zero-order valence-corrected chi connectivity index (χ0v) is 9.15. The summed E-state index contributed by atoms with van der Waals surface area (Å²) >= 11 is 0. The number of carbonyl (C=O) groups is 1. The third-order valence-corrected chi connectivity index (χ3v) is 2.39. The van der Waals surface area contributed by atoms with Gasteiger partial charge in [0.05, 0.1) is 12.5 Å². The molecular formula is C13H12FNO2. The van der Waals surface area contributed by atoms with Crippen molar-refractivity contribution in [1.29, 1.82) is 0 Å². The standard InChI is InChI=1S/C13H12FNO2/c14-12-3-1-11(2-4-12)13(16)15-7-5-10-6-8-17-9-10/h1-4,6,8-9H,5,7H2,(H,15,16). The van der Waals surface area contributed by atoms with Gasteiger partial charge in [-0.25, -0.2) is 4.39 Å². The third kappa shape index (κ3) is 3.17. The number of nitrogens with one attached hydrogen (secondary N) is 1. The predicted octanol–water partition coefficient (Wildman–Crippen LogP) is 2.39. The second-order valence-electron chi connectivity index (χ2n) is 3.64. The van der Waals surface area contributed by atoms with Crippen molar-refractivity contribution in [2.24, 2.45) is 0 Å². The van der Waals surface area contributed by atoms with E-state index in [1.165, 1.54) is 24.3 Å². The summed E-state index contributed by atoms with van der Waals surface area (Å²) in [6.07, 6.45) is 3.95. The highest BCUT2D eigenvalue weighted by atomic mass is 19.1. The predicted molar refractivity (Wildman–Crippen MR) is 61.1 cm³/mol. The monoisotopic (exact) mass is 233 g/mol. The van der Waals surface area contributed by atoms with Gasteiger partial charge in [0.15, 0.2) is 0 Å². The highest BCUT2D eigenvalue weighted by molar-refractivity contribution is 5.94. The highest BCUT2D eigenvalue weighted by Gasteiger charge is 2.04. The fourth-order valence-electron chi connectivity index (χ4n) is 1.46. The molecule has 0 bridgehead atoms. The van der Waals surface area contributed by atoms with E-state index in [4.69, 9.17) is 4.42 Å². The summed E-state index contributed by atoms with van der Waals surface area (Å²) in [6, 6.07) is 7.31. The van der Waals surface area contributed by atoms with Crippen LogP contribution in [-0.2, 0) is 6.42 Å². The van der Waals surface area contributed by atoms with Gasteiger partial charge in [-0.2, -0.15) is 0 Å². The van der Waals surface area contributed by atoms with Gasteiger partial charge in [-0.1, -0.05) is 0 Å². The minimum Gasteiger partial charge on any atom is -0.472 e. The van der Waals surface area contributed by atoms with Crippen molar-refractivity contribution in [2.45, 2.75) is 6.42 Å². The van der Waals surface area contributed by atoms with Gasteiger partial charge in [-0.15, -0.1) is 0 Å². The van der Waals surface area contributed by atoms with Crippen LogP contribution in [-0.4, -0.2) is 12.5 Å². The molecule has 0 spiro atoms. The van der Waals surface area contributed by atoms with Gasteiger partial charge >= 0.3 is 0 Å². The second kappa shape index (κ2) is 5.30. The van der Waals surface area contributed by atoms with E-state index in [1.54, 1.807) is 12.5 Å². The molecule has 2 aromatic rings. The van der Waals surface area contributed by atoms with Crippen molar-refractivity contribution in [1.82, 2.24) is 5.32 Å². The van der Waals surface area contributed by atoms with Crippen molar-refractivity contribution in [3.63, 3.8) is 0 Å². The first-order valence-electron chi connectivity index (χ1n) is 5.30. The van der Waals surface area contributed by atoms with Crippen LogP contribution in [0.2, 0.25) is 0 Å². The topological polar surface area (TPSA) is 42.2 Å². The minimum atomic E-state index is -0.347. The summed E-state index contributed by atoms with van der Waals surface area (Å²) in [5.74, 6) is -0.548. The lowest BCUT2D eigenvalue weighted by Gasteiger charge is -2.03. The lowest BCUT2D eigenvalue weighted by molar-refractivity contribution is 0.0954. The molecule has 0 saturated carbocycles. The number of benzene rings is 1. The second-order valence-corrected chi connectivity index (χ2v) is 3.64. The average molecular weight is 233 g/mol. The number of hydrogen-bond acceptors (Lipinski definition) is 2. The summed E-state index contributed by atoms with van der Waals surface area (Å²) in [5.41, 5.74) is 1.49. The molecule has 0 fully saturated rings. The number of hydrogen-bond donors (Lipinski definition) is 1. The van der Waals surface area contributed by atoms with Crippen LogP contribution in [0.5, 0.6) is 0 Å². The van der Waals surface area contributed by atoms with Crippen molar-refractivity contribution in [3.8, 4) is 0 Å². The van der Waals surface area contributed by atoms with Gasteiger partial charge in [0.25, 0.3) is 5.91 Å². The van der Waals surface area contributed by atoms with E-state index in [0.29, 0.717) is 18.5 Å². The molecule has 0 aliphatic rings. The summed E-state index contributed by atoms with van der Waals surface area (Å²) in [6.45, 7) is 0.524. The molecule has 88 valence electrons. The Morgan fingerprint density at radius 3 is 2.65 bits per heavy atom. The van der Waals surface area contributed by atoms with Crippen LogP contribution in [0.3, 0.4) is 0 Å². The first-order valence-corrected chi connectivity index (χ1v) is 5.30. The van der Waals surface area contributed by atoms with Crippen LogP contribution in [0, 0.1) is 5.82 Å². The normalized spacial score (nSPS) is 10.2. The van der Waals surface area contributed by atoms with Gasteiger partial charge in [-0.3, -0.25) is 4.79 Å². The van der Waals surface area contributed by atoms with Gasteiger partial charge in [-0.05, 0) is 42.3 Å². The first kappa shape index (κ1) is 11.4. The van der Waals surface area contributed by atoms with Crippen LogP contribution in [0.15, 0.2) is 47.3 Å². The Bertz CT molecular complexity index is 477. The van der Waals surface area contributed by atoms with Crippen LogP contribution in [0.4, 0.5) is 4.39 Å². The molecule has 0 aliphatic heterocycles. The Labute approximate surface area is 98.3 Å². The molecule has 0 saturated heterocycles. The molecule has 17 heavy (non-hydrogen) atoms. The number of rotatable bonds is 4. The minimum absolute atomic E-state index is 0.200. The number of amides is 1. The molecule has 1 heterocycles. The van der Waals surface area contributed by atoms with Crippen LogP contribution in [0.1, 0.15) is 15.9 Å². The van der Waals surface area contributed by atoms with Crippen molar-refractivity contribution in [2.75, 3.05) is 6.54 Å². The zero-order valence-electron chi connectivity index (χ0n) is 9.15. The van der Waals surface area contributed by atoms with Gasteiger partial charge in [0.2, 0.25) is 0 Å². The molecule has 1 amide bonds. The smallest absolute Gasteiger partial charge is 0.251 e. The molecule has 0 unspecified atom stereocenters. The maximum Gasteiger partial charge on any atom is 0.251 e. The van der Waals surface area contributed by atoms with Gasteiger partial charge < -0.3 is 9.73 Å². The van der Waals surface area contributed by atoms with E-state index in [0.717, 1.165) is 5.56 Å². The Morgan fingerprint density at radius 2 is 2.00 bits per heavy atom. The van der Waals surface area contributed by atoms with E-state index in [-0.39, 0.29) is 11.7 Å². The molecular weight excluding hydrogens is 221 g/mol. The van der Waals surface area contributed by atoms with Crippen LogP contribution >= 0.6 is 0 Å². The van der Waals surface area contributed by atoms with E-state index in [1.807, 2.05) is 6.07 Å². The lowest BCUT2D eigenvalue weighted by atomic mass is 10.2. The maximum atomic E-state index is 12.6. The summed E-state index contributed by atoms with van der Waals surface area (Å²) in [4.78, 5) is 11.6. The molecule has 4 heteroatoms. The van der Waals surface area contributed by atoms with Crippen molar-refractivity contribution >= 4 is 5.91 Å². The molecule has 2 rings (SSSR count). The Kier molecular flexibility index (Phi) is 3.55. The highest BCUT2D eigenvalue weighted by Crippen LogP contribution is 2.03. The summed E-state index contributed by atoms with van der Waals surface area (Å²) < 4.78 is 17.6. The average Bonchev–Trinajstić information content (AvgIpc) is 2.83.